The maximum atomic E-state index is 11.7. The van der Waals surface area contributed by atoms with Crippen LogP contribution in [0.3, 0.4) is 0 Å². The first-order chi connectivity index (χ1) is 19.1. The summed E-state index contributed by atoms with van der Waals surface area (Å²) in [6.07, 6.45) is 6.26. The van der Waals surface area contributed by atoms with Crippen molar-refractivity contribution in [1.29, 1.82) is 0 Å². The zero-order valence-electron chi connectivity index (χ0n) is 23.2. The topological polar surface area (TPSA) is 70.4 Å². The predicted octanol–water partition coefficient (Wildman–Crippen LogP) is 8.80. The lowest BCUT2D eigenvalue weighted by atomic mass is 9.90. The number of carbonyl (C=O) groups is 1. The first-order valence-corrected chi connectivity index (χ1v) is 15.1. The van der Waals surface area contributed by atoms with Crippen molar-refractivity contribution >= 4 is 52.4 Å². The van der Waals surface area contributed by atoms with Gasteiger partial charge in [0.15, 0.2) is 0 Å². The molecule has 4 aromatic rings. The number of benzene rings is 3. The Hall–Kier alpha value is -3.12. The molecule has 6 heteroatoms. The Morgan fingerprint density at radius 2 is 1.80 bits per heavy atom. The molecule has 0 aliphatic heterocycles. The number of rotatable bonds is 12. The average Bonchev–Trinajstić information content (AvgIpc) is 2.93. The van der Waals surface area contributed by atoms with Gasteiger partial charge >= 0.3 is 5.97 Å². The highest BCUT2D eigenvalue weighted by atomic mass is 35.5. The van der Waals surface area contributed by atoms with E-state index in [4.69, 9.17) is 16.6 Å². The fourth-order valence-corrected chi connectivity index (χ4v) is 6.44. The highest BCUT2D eigenvalue weighted by Gasteiger charge is 2.22. The Bertz CT molecular complexity index is 1490. The number of aromatic nitrogens is 1. The number of fused-ring (bicyclic) bond motifs is 1. The Morgan fingerprint density at radius 3 is 2.55 bits per heavy atom. The predicted molar refractivity (Wildman–Crippen MR) is 169 cm³/mol. The Kier molecular flexibility index (Phi) is 10.1. The molecule has 208 valence electrons. The van der Waals surface area contributed by atoms with Gasteiger partial charge in [-0.25, -0.2) is 4.98 Å². The summed E-state index contributed by atoms with van der Waals surface area (Å²) >= 11 is 7.86. The Morgan fingerprint density at radius 1 is 1.02 bits per heavy atom. The summed E-state index contributed by atoms with van der Waals surface area (Å²) in [5.41, 5.74) is 5.03. The van der Waals surface area contributed by atoms with Gasteiger partial charge in [0.2, 0.25) is 0 Å². The number of halogens is 1. The van der Waals surface area contributed by atoms with Gasteiger partial charge in [-0.1, -0.05) is 85.3 Å². The van der Waals surface area contributed by atoms with E-state index in [1.54, 1.807) is 11.8 Å². The SMILES string of the molecule is CC[C@@H](CS[C@@H](CCc1ccccc1C(C)(C)O)c1cccc(C=Cc2ccc3ccc(Cl)cc3n2)c1)C(=O)O. The van der Waals surface area contributed by atoms with Crippen molar-refractivity contribution in [2.75, 3.05) is 5.75 Å². The Balaban J connectivity index is 1.57. The second-order valence-corrected chi connectivity index (χ2v) is 12.3. The standard InChI is InChI=1S/C34H36ClNO3S/c1-4-24(33(37)38)22-40-32(19-15-25-9-5-6-11-30(25)34(2,3)39)27-10-7-8-23(20-27)12-17-29-18-14-26-13-16-28(35)21-31(26)36-29/h5-14,16-18,20-21,24,32,39H,4,15,19,22H2,1-3H3,(H,37,38)/t24-,32-/m0/s1. The van der Waals surface area contributed by atoms with Crippen LogP contribution in [-0.4, -0.2) is 26.9 Å². The molecule has 0 spiro atoms. The minimum absolute atomic E-state index is 0.109. The van der Waals surface area contributed by atoms with E-state index >= 15 is 0 Å². The summed E-state index contributed by atoms with van der Waals surface area (Å²) in [6.45, 7) is 5.55. The number of aliphatic carboxylic acids is 1. The van der Waals surface area contributed by atoms with Crippen LogP contribution >= 0.6 is 23.4 Å². The van der Waals surface area contributed by atoms with E-state index in [1.165, 1.54) is 0 Å². The van der Waals surface area contributed by atoms with Gasteiger partial charge in [-0.05, 0) is 79.6 Å². The molecule has 1 aromatic heterocycles. The first kappa shape index (κ1) is 29.9. The number of nitrogens with zero attached hydrogens (tertiary/aromatic N) is 1. The molecule has 2 atom stereocenters. The molecule has 4 nitrogen and oxygen atoms in total. The van der Waals surface area contributed by atoms with Gasteiger partial charge in [-0.15, -0.1) is 0 Å². The summed E-state index contributed by atoms with van der Waals surface area (Å²) in [6, 6.07) is 26.2. The minimum atomic E-state index is -0.928. The van der Waals surface area contributed by atoms with Crippen molar-refractivity contribution in [3.63, 3.8) is 0 Å². The minimum Gasteiger partial charge on any atom is -0.481 e. The number of carboxylic acids is 1. The van der Waals surface area contributed by atoms with E-state index in [2.05, 4.69) is 36.4 Å². The highest BCUT2D eigenvalue weighted by molar-refractivity contribution is 7.99. The first-order valence-electron chi connectivity index (χ1n) is 13.6. The summed E-state index contributed by atoms with van der Waals surface area (Å²) in [7, 11) is 0. The van der Waals surface area contributed by atoms with Gasteiger partial charge in [-0.3, -0.25) is 4.79 Å². The molecule has 0 aliphatic carbocycles. The van der Waals surface area contributed by atoms with Gasteiger partial charge in [0.25, 0.3) is 0 Å². The van der Waals surface area contributed by atoms with Crippen LogP contribution in [0.1, 0.15) is 66.8 Å². The van der Waals surface area contributed by atoms with Gasteiger partial charge in [0.05, 0.1) is 22.7 Å². The molecule has 4 rings (SSSR count). The number of pyridine rings is 1. The van der Waals surface area contributed by atoms with Crippen molar-refractivity contribution in [3.8, 4) is 0 Å². The second-order valence-electron chi connectivity index (χ2n) is 10.6. The van der Waals surface area contributed by atoms with Crippen LogP contribution < -0.4 is 0 Å². The lowest BCUT2D eigenvalue weighted by Gasteiger charge is -2.24. The van der Waals surface area contributed by atoms with Gasteiger partial charge in [0, 0.05) is 21.4 Å². The number of aryl methyl sites for hydroxylation is 1. The molecule has 0 unspecified atom stereocenters. The van der Waals surface area contributed by atoms with Crippen molar-refractivity contribution in [2.24, 2.45) is 5.92 Å². The van der Waals surface area contributed by atoms with Gasteiger partial charge < -0.3 is 10.2 Å². The van der Waals surface area contributed by atoms with E-state index < -0.39 is 11.6 Å². The fourth-order valence-electron chi connectivity index (χ4n) is 4.81. The van der Waals surface area contributed by atoms with Crippen molar-refractivity contribution < 1.29 is 15.0 Å². The molecule has 0 saturated carbocycles. The summed E-state index contributed by atoms with van der Waals surface area (Å²) in [4.78, 5) is 16.4. The van der Waals surface area contributed by atoms with Crippen LogP contribution in [0.15, 0.2) is 78.9 Å². The summed E-state index contributed by atoms with van der Waals surface area (Å²) in [5.74, 6) is -0.582. The Labute approximate surface area is 246 Å². The molecule has 0 fully saturated rings. The molecule has 0 aliphatic rings. The maximum Gasteiger partial charge on any atom is 0.307 e. The molecule has 40 heavy (non-hydrogen) atoms. The van der Waals surface area contributed by atoms with Crippen molar-refractivity contribution in [2.45, 2.75) is 50.9 Å². The van der Waals surface area contributed by atoms with Crippen LogP contribution in [0.25, 0.3) is 23.1 Å². The molecule has 3 aromatic carbocycles. The average molecular weight is 574 g/mol. The van der Waals surface area contributed by atoms with Crippen LogP contribution in [0.5, 0.6) is 0 Å². The van der Waals surface area contributed by atoms with Crippen LogP contribution in [0.2, 0.25) is 5.02 Å². The highest BCUT2D eigenvalue weighted by Crippen LogP contribution is 2.37. The monoisotopic (exact) mass is 573 g/mol. The van der Waals surface area contributed by atoms with E-state index in [9.17, 15) is 15.0 Å². The smallest absolute Gasteiger partial charge is 0.307 e. The number of thioether (sulfide) groups is 1. The van der Waals surface area contributed by atoms with Gasteiger partial charge in [-0.2, -0.15) is 11.8 Å². The largest absolute Gasteiger partial charge is 0.481 e. The quantitative estimate of drug-likeness (QED) is 0.177. The third-order valence-electron chi connectivity index (χ3n) is 7.10. The van der Waals surface area contributed by atoms with E-state index in [1.807, 2.05) is 75.4 Å². The van der Waals surface area contributed by atoms with E-state index in [-0.39, 0.29) is 11.2 Å². The lowest BCUT2D eigenvalue weighted by molar-refractivity contribution is -0.140. The van der Waals surface area contributed by atoms with Crippen molar-refractivity contribution in [1.82, 2.24) is 4.98 Å². The molecule has 0 radical (unpaired) electrons. The summed E-state index contributed by atoms with van der Waals surface area (Å²) in [5, 5.41) is 22.1. The second kappa shape index (κ2) is 13.5. The zero-order chi connectivity index (χ0) is 28.7. The molecule has 0 saturated heterocycles. The van der Waals surface area contributed by atoms with E-state index in [0.717, 1.165) is 51.7 Å². The van der Waals surface area contributed by atoms with E-state index in [0.29, 0.717) is 17.2 Å². The maximum absolute atomic E-state index is 11.7. The fraction of sp³-hybridized carbons (Fsp3) is 0.294. The number of carboxylic acid groups (broad SMARTS) is 1. The van der Waals surface area contributed by atoms with Crippen LogP contribution in [0.4, 0.5) is 0 Å². The van der Waals surface area contributed by atoms with Crippen LogP contribution in [0, 0.1) is 5.92 Å². The van der Waals surface area contributed by atoms with Crippen LogP contribution in [-0.2, 0) is 16.8 Å². The third-order valence-corrected chi connectivity index (χ3v) is 8.84. The normalized spacial score (nSPS) is 13.5. The van der Waals surface area contributed by atoms with Gasteiger partial charge in [0.1, 0.15) is 0 Å². The molecule has 0 amide bonds. The summed E-state index contributed by atoms with van der Waals surface area (Å²) < 4.78 is 0. The zero-order valence-corrected chi connectivity index (χ0v) is 24.8. The third kappa shape index (κ3) is 7.97. The lowest BCUT2D eigenvalue weighted by Crippen LogP contribution is -2.18. The number of hydrogen-bond donors (Lipinski definition) is 2. The van der Waals surface area contributed by atoms with Crippen molar-refractivity contribution in [3.05, 3.63) is 112 Å². The molecule has 0 bridgehead atoms. The molecule has 1 heterocycles. The molecule has 2 N–H and O–H groups in total. The number of aliphatic hydroxyl groups is 1. The molecular weight excluding hydrogens is 538 g/mol. The molecular formula is C34H36ClNO3S. The number of hydrogen-bond acceptors (Lipinski definition) is 4.